The topological polar surface area (TPSA) is 56.9 Å². The van der Waals surface area contributed by atoms with Gasteiger partial charge in [-0.2, -0.15) is 0 Å². The van der Waals surface area contributed by atoms with E-state index < -0.39 is 0 Å². The summed E-state index contributed by atoms with van der Waals surface area (Å²) in [5.41, 5.74) is 1.82. The summed E-state index contributed by atoms with van der Waals surface area (Å²) < 4.78 is 0. The number of carbonyl (C=O) groups is 1. The van der Waals surface area contributed by atoms with Crippen molar-refractivity contribution in [2.24, 2.45) is 0 Å². The highest BCUT2D eigenvalue weighted by Gasteiger charge is 2.05. The highest BCUT2D eigenvalue weighted by molar-refractivity contribution is 6.00. The highest BCUT2D eigenvalue weighted by atomic mass is 16.2. The third kappa shape index (κ3) is 1.93. The number of amides is 2. The third-order valence-corrected chi connectivity index (χ3v) is 2.17. The Kier molecular flexibility index (Phi) is 2.58. The molecule has 1 aromatic carbocycles. The Bertz CT molecular complexity index is 475. The number of urea groups is 1. The van der Waals surface area contributed by atoms with Gasteiger partial charge in [-0.1, -0.05) is 18.2 Å². The van der Waals surface area contributed by atoms with Crippen LogP contribution in [0.25, 0.3) is 10.9 Å². The van der Waals surface area contributed by atoms with Crippen LogP contribution in [0.2, 0.25) is 0 Å². The number of aromatic nitrogens is 1. The molecule has 0 fully saturated rings. The minimum Gasteiger partial charge on any atom is -0.359 e. The highest BCUT2D eigenvalue weighted by Crippen LogP contribution is 2.21. The Morgan fingerprint density at radius 3 is 3.00 bits per heavy atom. The molecule has 0 unspecified atom stereocenters. The molecule has 78 valence electrons. The maximum atomic E-state index is 11.3. The Morgan fingerprint density at radius 1 is 1.40 bits per heavy atom. The zero-order chi connectivity index (χ0) is 10.7. The number of benzene rings is 1. The molecule has 1 heterocycles. The fourth-order valence-corrected chi connectivity index (χ4v) is 1.50. The normalized spacial score (nSPS) is 10.2. The van der Waals surface area contributed by atoms with Gasteiger partial charge in [0.1, 0.15) is 0 Å². The molecular weight excluding hydrogens is 190 g/mol. The quantitative estimate of drug-likeness (QED) is 0.689. The van der Waals surface area contributed by atoms with Crippen LogP contribution in [0.4, 0.5) is 10.5 Å². The molecule has 0 aliphatic heterocycles. The van der Waals surface area contributed by atoms with Gasteiger partial charge in [-0.15, -0.1) is 0 Å². The van der Waals surface area contributed by atoms with Crippen LogP contribution in [0, 0.1) is 0 Å². The van der Waals surface area contributed by atoms with E-state index >= 15 is 0 Å². The molecule has 1 aromatic heterocycles. The van der Waals surface area contributed by atoms with E-state index in [2.05, 4.69) is 15.6 Å². The van der Waals surface area contributed by atoms with Crippen molar-refractivity contribution in [2.75, 3.05) is 11.9 Å². The van der Waals surface area contributed by atoms with Crippen LogP contribution in [0.3, 0.4) is 0 Å². The predicted molar refractivity (Wildman–Crippen MR) is 61.0 cm³/mol. The molecule has 0 aliphatic carbocycles. The number of nitrogens with one attached hydrogen (secondary N) is 3. The van der Waals surface area contributed by atoms with E-state index in [4.69, 9.17) is 0 Å². The van der Waals surface area contributed by atoms with Crippen molar-refractivity contribution in [1.82, 2.24) is 10.3 Å². The first-order chi connectivity index (χ1) is 7.31. The van der Waals surface area contributed by atoms with Crippen molar-refractivity contribution in [3.05, 3.63) is 30.5 Å². The van der Waals surface area contributed by atoms with E-state index in [9.17, 15) is 4.79 Å². The van der Waals surface area contributed by atoms with Crippen molar-refractivity contribution in [2.45, 2.75) is 6.92 Å². The average Bonchev–Trinajstić information content (AvgIpc) is 2.62. The second kappa shape index (κ2) is 4.04. The molecule has 4 nitrogen and oxygen atoms in total. The summed E-state index contributed by atoms with van der Waals surface area (Å²) >= 11 is 0. The van der Waals surface area contributed by atoms with Crippen LogP contribution in [0.15, 0.2) is 30.5 Å². The molecule has 0 bridgehead atoms. The lowest BCUT2D eigenvalue weighted by atomic mass is 10.2. The minimum atomic E-state index is -0.178. The Balaban J connectivity index is 2.25. The van der Waals surface area contributed by atoms with Gasteiger partial charge in [0.25, 0.3) is 0 Å². The first-order valence-electron chi connectivity index (χ1n) is 4.92. The molecule has 2 rings (SSSR count). The zero-order valence-corrected chi connectivity index (χ0v) is 8.50. The van der Waals surface area contributed by atoms with Gasteiger partial charge in [-0.3, -0.25) is 0 Å². The first-order valence-corrected chi connectivity index (χ1v) is 4.92. The van der Waals surface area contributed by atoms with Crippen molar-refractivity contribution >= 4 is 22.6 Å². The number of anilines is 1. The molecule has 0 spiro atoms. The van der Waals surface area contributed by atoms with Crippen molar-refractivity contribution in [3.8, 4) is 0 Å². The predicted octanol–water partition coefficient (Wildman–Crippen LogP) is 2.31. The van der Waals surface area contributed by atoms with Crippen molar-refractivity contribution < 1.29 is 4.79 Å². The molecule has 0 saturated carbocycles. The lowest BCUT2D eigenvalue weighted by Gasteiger charge is -2.03. The summed E-state index contributed by atoms with van der Waals surface area (Å²) in [4.78, 5) is 14.4. The van der Waals surface area contributed by atoms with Gasteiger partial charge in [0, 0.05) is 23.6 Å². The van der Waals surface area contributed by atoms with E-state index in [0.717, 1.165) is 16.6 Å². The standard InChI is InChI=1S/C11H13N3O/c1-2-12-11(15)14-10-7-13-9-6-4-3-5-8(9)10/h3-7,13H,2H2,1H3,(H2,12,14,15). The summed E-state index contributed by atoms with van der Waals surface area (Å²) in [6.45, 7) is 2.50. The van der Waals surface area contributed by atoms with Crippen molar-refractivity contribution in [1.29, 1.82) is 0 Å². The number of carbonyl (C=O) groups excluding carboxylic acids is 1. The number of rotatable bonds is 2. The van der Waals surface area contributed by atoms with Crippen LogP contribution in [0.1, 0.15) is 6.92 Å². The van der Waals surface area contributed by atoms with Crippen LogP contribution >= 0.6 is 0 Å². The lowest BCUT2D eigenvalue weighted by Crippen LogP contribution is -2.28. The van der Waals surface area contributed by atoms with Crippen LogP contribution in [-0.4, -0.2) is 17.6 Å². The summed E-state index contributed by atoms with van der Waals surface area (Å²) in [5, 5.41) is 6.49. The second-order valence-corrected chi connectivity index (χ2v) is 3.23. The molecule has 0 radical (unpaired) electrons. The zero-order valence-electron chi connectivity index (χ0n) is 8.50. The molecule has 0 atom stereocenters. The number of hydrogen-bond donors (Lipinski definition) is 3. The number of para-hydroxylation sites is 1. The van der Waals surface area contributed by atoms with E-state index in [1.807, 2.05) is 31.2 Å². The summed E-state index contributed by atoms with van der Waals surface area (Å²) in [6, 6.07) is 7.65. The Labute approximate surface area is 87.7 Å². The molecule has 0 aliphatic rings. The van der Waals surface area contributed by atoms with Crippen LogP contribution in [-0.2, 0) is 0 Å². The van der Waals surface area contributed by atoms with Crippen LogP contribution < -0.4 is 10.6 Å². The molecule has 4 heteroatoms. The van der Waals surface area contributed by atoms with Crippen molar-refractivity contribution in [3.63, 3.8) is 0 Å². The van der Waals surface area contributed by atoms with E-state index in [1.165, 1.54) is 0 Å². The SMILES string of the molecule is CCNC(=O)Nc1c[nH]c2ccccc12. The van der Waals surface area contributed by atoms with Gasteiger partial charge in [-0.05, 0) is 13.0 Å². The lowest BCUT2D eigenvalue weighted by molar-refractivity contribution is 0.252. The monoisotopic (exact) mass is 203 g/mol. The maximum Gasteiger partial charge on any atom is 0.319 e. The van der Waals surface area contributed by atoms with Gasteiger partial charge in [0.15, 0.2) is 0 Å². The van der Waals surface area contributed by atoms with Gasteiger partial charge < -0.3 is 15.6 Å². The van der Waals surface area contributed by atoms with E-state index in [1.54, 1.807) is 6.20 Å². The summed E-state index contributed by atoms with van der Waals surface area (Å²) in [7, 11) is 0. The molecule has 15 heavy (non-hydrogen) atoms. The molecule has 3 N–H and O–H groups in total. The molecular formula is C11H13N3O. The van der Waals surface area contributed by atoms with E-state index in [-0.39, 0.29) is 6.03 Å². The number of H-pyrrole nitrogens is 1. The Morgan fingerprint density at radius 2 is 2.20 bits per heavy atom. The summed E-state index contributed by atoms with van der Waals surface area (Å²) in [5.74, 6) is 0. The second-order valence-electron chi connectivity index (χ2n) is 3.23. The minimum absolute atomic E-state index is 0.178. The molecule has 2 amide bonds. The fraction of sp³-hybridized carbons (Fsp3) is 0.182. The molecule has 0 saturated heterocycles. The van der Waals surface area contributed by atoms with Gasteiger partial charge in [0.05, 0.1) is 5.69 Å². The van der Waals surface area contributed by atoms with Gasteiger partial charge >= 0.3 is 6.03 Å². The average molecular weight is 203 g/mol. The smallest absolute Gasteiger partial charge is 0.319 e. The largest absolute Gasteiger partial charge is 0.359 e. The maximum absolute atomic E-state index is 11.3. The fourth-order valence-electron chi connectivity index (χ4n) is 1.50. The molecule has 2 aromatic rings. The number of aromatic amines is 1. The number of fused-ring (bicyclic) bond motifs is 1. The summed E-state index contributed by atoms with van der Waals surface area (Å²) in [6.07, 6.45) is 1.79. The van der Waals surface area contributed by atoms with E-state index in [0.29, 0.717) is 6.54 Å². The van der Waals surface area contributed by atoms with Crippen LogP contribution in [0.5, 0.6) is 0 Å². The van der Waals surface area contributed by atoms with Gasteiger partial charge in [-0.25, -0.2) is 4.79 Å². The first kappa shape index (κ1) is 9.58. The van der Waals surface area contributed by atoms with Gasteiger partial charge in [0.2, 0.25) is 0 Å². The Hall–Kier alpha value is -1.97. The number of hydrogen-bond acceptors (Lipinski definition) is 1. The third-order valence-electron chi connectivity index (χ3n) is 2.17.